The Bertz CT molecular complexity index is 1430. The summed E-state index contributed by atoms with van der Waals surface area (Å²) in [6.45, 7) is 2.02. The minimum Gasteiger partial charge on any atom is -0.395 e. The molecule has 2 aliphatic heterocycles. The molecule has 4 aliphatic rings. The molecule has 2 aromatic rings. The van der Waals surface area contributed by atoms with Gasteiger partial charge >= 0.3 is 0 Å². The zero-order valence-electron chi connectivity index (χ0n) is 22.6. The highest BCUT2D eigenvalue weighted by Crippen LogP contribution is 2.61. The second kappa shape index (κ2) is 9.61. The van der Waals surface area contributed by atoms with E-state index in [4.69, 9.17) is 10.1 Å². The molecule has 1 aromatic carbocycles. The quantitative estimate of drug-likeness (QED) is 0.535. The number of aryl methyl sites for hydroxylation is 1. The fourth-order valence-corrected chi connectivity index (χ4v) is 7.42. The number of alkyl halides is 2. The largest absolute Gasteiger partial charge is 0.395 e. The number of halogens is 2. The van der Waals surface area contributed by atoms with Gasteiger partial charge in [-0.1, -0.05) is 0 Å². The summed E-state index contributed by atoms with van der Waals surface area (Å²) < 4.78 is 54.8. The van der Waals surface area contributed by atoms with E-state index in [1.54, 1.807) is 34.1 Å². The van der Waals surface area contributed by atoms with Crippen LogP contribution in [0.5, 0.6) is 0 Å². The zero-order valence-corrected chi connectivity index (χ0v) is 23.4. The Morgan fingerprint density at radius 2 is 1.68 bits per heavy atom. The highest BCUT2D eigenvalue weighted by atomic mass is 32.2. The molecule has 1 amide bonds. The smallest absolute Gasteiger partial charge is 0.259 e. The Hall–Kier alpha value is -2.86. The molecule has 2 spiro atoms. The first-order valence-electron chi connectivity index (χ1n) is 14.0. The lowest BCUT2D eigenvalue weighted by Crippen LogP contribution is -2.52. The van der Waals surface area contributed by atoms with Crippen LogP contribution in [0.4, 0.5) is 26.2 Å². The summed E-state index contributed by atoms with van der Waals surface area (Å²) in [5, 5.41) is 9.13. The topological polar surface area (TPSA) is 116 Å². The normalized spacial score (nSPS) is 22.9. The number of anilines is 3. The Morgan fingerprint density at radius 3 is 2.33 bits per heavy atom. The van der Waals surface area contributed by atoms with Crippen molar-refractivity contribution in [3.05, 3.63) is 41.1 Å². The number of fused-ring (bicyclic) bond motifs is 2. The van der Waals surface area contributed by atoms with Crippen LogP contribution in [0.2, 0.25) is 0 Å². The van der Waals surface area contributed by atoms with Gasteiger partial charge in [0.1, 0.15) is 5.82 Å². The minimum absolute atomic E-state index is 0.146. The van der Waals surface area contributed by atoms with Gasteiger partial charge in [-0.25, -0.2) is 22.2 Å². The lowest BCUT2D eigenvalue weighted by molar-refractivity contribution is -0.0222. The van der Waals surface area contributed by atoms with Gasteiger partial charge in [0.2, 0.25) is 16.0 Å². The van der Waals surface area contributed by atoms with E-state index >= 15 is 0 Å². The minimum atomic E-state index is -3.72. The van der Waals surface area contributed by atoms with Gasteiger partial charge in [-0.3, -0.25) is 14.4 Å². The second-order valence-electron chi connectivity index (χ2n) is 12.1. The molecule has 6 rings (SSSR count). The van der Waals surface area contributed by atoms with Gasteiger partial charge in [0.25, 0.3) is 11.8 Å². The predicted octanol–water partition coefficient (Wildman–Crippen LogP) is 4.01. The Labute approximate surface area is 233 Å². The van der Waals surface area contributed by atoms with E-state index in [9.17, 15) is 22.0 Å². The van der Waals surface area contributed by atoms with Crippen molar-refractivity contribution in [2.45, 2.75) is 69.6 Å². The van der Waals surface area contributed by atoms with Crippen LogP contribution in [0.15, 0.2) is 24.3 Å². The molecule has 0 unspecified atom stereocenters. The monoisotopic (exact) mass is 575 g/mol. The number of nitrogens with one attached hydrogen (secondary N) is 1. The Morgan fingerprint density at radius 1 is 1.00 bits per heavy atom. The molecule has 2 aliphatic carbocycles. The van der Waals surface area contributed by atoms with Crippen LogP contribution in [-0.2, 0) is 15.4 Å². The van der Waals surface area contributed by atoms with Gasteiger partial charge < -0.3 is 10.0 Å². The summed E-state index contributed by atoms with van der Waals surface area (Å²) in [7, 11) is -3.72. The third kappa shape index (κ3) is 5.15. The van der Waals surface area contributed by atoms with Crippen molar-refractivity contribution in [1.82, 2.24) is 9.97 Å². The number of carbonyl (C=O) groups excluding carboxylic acids is 1. The molecule has 2 saturated carbocycles. The van der Waals surface area contributed by atoms with Gasteiger partial charge in [0, 0.05) is 60.9 Å². The molecule has 0 radical (unpaired) electrons. The highest BCUT2D eigenvalue weighted by molar-refractivity contribution is 7.92. The lowest BCUT2D eigenvalue weighted by atomic mass is 9.62. The van der Waals surface area contributed by atoms with Gasteiger partial charge in [0.05, 0.1) is 12.4 Å². The summed E-state index contributed by atoms with van der Waals surface area (Å²) in [6.07, 6.45) is 5.77. The maximum absolute atomic E-state index is 13.9. The van der Waals surface area contributed by atoms with E-state index < -0.39 is 28.3 Å². The van der Waals surface area contributed by atoms with Crippen LogP contribution in [0.3, 0.4) is 0 Å². The third-order valence-electron chi connectivity index (χ3n) is 9.27. The SMILES string of the molecule is Cc1cc(N2CC3(CCC4(CC4)CC3)c3cc(NS(=O)(=O)CCO)ccc3C2=O)nc(N2CCC(F)(F)CC2)n1. The zero-order chi connectivity index (χ0) is 28.3. The number of carbonyl (C=O) groups is 1. The highest BCUT2D eigenvalue weighted by Gasteiger charge is 2.53. The average molecular weight is 576 g/mol. The summed E-state index contributed by atoms with van der Waals surface area (Å²) in [5.74, 6) is -2.52. The molecule has 12 heteroatoms. The number of amides is 1. The first-order chi connectivity index (χ1) is 18.9. The van der Waals surface area contributed by atoms with Crippen molar-refractivity contribution >= 4 is 33.4 Å². The predicted molar refractivity (Wildman–Crippen MR) is 148 cm³/mol. The van der Waals surface area contributed by atoms with E-state index in [1.807, 2.05) is 6.92 Å². The molecular formula is C28H35F2N5O4S. The van der Waals surface area contributed by atoms with Crippen LogP contribution in [0.25, 0.3) is 0 Å². The second-order valence-corrected chi connectivity index (χ2v) is 13.9. The van der Waals surface area contributed by atoms with Crippen molar-refractivity contribution < 1.29 is 27.1 Å². The van der Waals surface area contributed by atoms with Crippen molar-refractivity contribution in [3.63, 3.8) is 0 Å². The molecule has 2 N–H and O–H groups in total. The van der Waals surface area contributed by atoms with Gasteiger partial charge in [-0.05, 0) is 74.6 Å². The van der Waals surface area contributed by atoms with E-state index in [0.717, 1.165) is 31.2 Å². The summed E-state index contributed by atoms with van der Waals surface area (Å²) in [6, 6.07) is 6.81. The maximum Gasteiger partial charge on any atom is 0.259 e. The Kier molecular flexibility index (Phi) is 6.56. The molecule has 0 bridgehead atoms. The number of piperidine rings is 1. The fourth-order valence-electron chi connectivity index (χ4n) is 6.59. The summed E-state index contributed by atoms with van der Waals surface area (Å²) >= 11 is 0. The number of nitrogens with zero attached hydrogens (tertiary/aromatic N) is 4. The van der Waals surface area contributed by atoms with Crippen LogP contribution in [-0.4, -0.2) is 67.3 Å². The molecule has 1 saturated heterocycles. The first kappa shape index (κ1) is 27.3. The fraction of sp³-hybridized carbons (Fsp3) is 0.607. The average Bonchev–Trinajstić information content (AvgIpc) is 3.66. The molecule has 40 heavy (non-hydrogen) atoms. The van der Waals surface area contributed by atoms with Crippen LogP contribution < -0.4 is 14.5 Å². The van der Waals surface area contributed by atoms with Gasteiger partial charge in [0.15, 0.2) is 0 Å². The van der Waals surface area contributed by atoms with Gasteiger partial charge in [-0.15, -0.1) is 0 Å². The summed E-state index contributed by atoms with van der Waals surface area (Å²) in [4.78, 5) is 26.6. The van der Waals surface area contributed by atoms with E-state index in [2.05, 4.69) is 9.71 Å². The van der Waals surface area contributed by atoms with E-state index in [-0.39, 0.29) is 37.3 Å². The maximum atomic E-state index is 13.9. The number of hydrogen-bond acceptors (Lipinski definition) is 7. The molecule has 216 valence electrons. The molecule has 9 nitrogen and oxygen atoms in total. The lowest BCUT2D eigenvalue weighted by Gasteiger charge is -2.47. The van der Waals surface area contributed by atoms with Crippen LogP contribution in [0.1, 0.15) is 73.0 Å². The molecule has 3 heterocycles. The number of aromatic nitrogens is 2. The number of aliphatic hydroxyl groups is 1. The third-order valence-corrected chi connectivity index (χ3v) is 10.5. The van der Waals surface area contributed by atoms with E-state index in [1.165, 1.54) is 12.8 Å². The standard InChI is InChI=1S/C28H35F2N5O4S/c1-19-16-23(32-25(31-19)34-12-10-28(29,30)11-13-34)35-18-27(8-6-26(4-5-26)7-9-27)22-17-20(2-3-21(22)24(35)37)33-40(38,39)15-14-36/h2-3,16-17,33,36H,4-15,18H2,1H3. The number of hydrogen-bond donors (Lipinski definition) is 2. The van der Waals surface area contributed by atoms with Crippen molar-refractivity contribution in [2.24, 2.45) is 5.41 Å². The van der Waals surface area contributed by atoms with Crippen molar-refractivity contribution in [1.29, 1.82) is 0 Å². The summed E-state index contributed by atoms with van der Waals surface area (Å²) in [5.41, 5.74) is 2.41. The number of sulfonamides is 1. The van der Waals surface area contributed by atoms with Gasteiger partial charge in [-0.2, -0.15) is 4.98 Å². The van der Waals surface area contributed by atoms with Crippen molar-refractivity contribution in [2.75, 3.05) is 46.5 Å². The van der Waals surface area contributed by atoms with E-state index in [0.29, 0.717) is 40.7 Å². The van der Waals surface area contributed by atoms with Crippen LogP contribution >= 0.6 is 0 Å². The van der Waals surface area contributed by atoms with Crippen molar-refractivity contribution in [3.8, 4) is 0 Å². The molecule has 1 aromatic heterocycles. The molecule has 3 fully saturated rings. The number of rotatable bonds is 6. The number of benzene rings is 1. The first-order valence-corrected chi connectivity index (χ1v) is 15.6. The van der Waals surface area contributed by atoms with Crippen LogP contribution in [0, 0.1) is 12.3 Å². The number of aliphatic hydroxyl groups excluding tert-OH is 1. The Balaban J connectivity index is 1.36. The molecule has 0 atom stereocenters. The molecular weight excluding hydrogens is 540 g/mol.